The van der Waals surface area contributed by atoms with Gasteiger partial charge in [-0.05, 0) is 71.6 Å². The Morgan fingerprint density at radius 3 is 2.43 bits per heavy atom. The molecule has 2 aromatic carbocycles. The van der Waals surface area contributed by atoms with E-state index in [4.69, 9.17) is 0 Å². The molecular weight excluding hydrogens is 534 g/mol. The van der Waals surface area contributed by atoms with Crippen LogP contribution in [0.3, 0.4) is 0 Å². The van der Waals surface area contributed by atoms with Crippen LogP contribution < -0.4 is 5.32 Å². The number of hydrogen-bond donors (Lipinski definition) is 3. The highest BCUT2D eigenvalue weighted by atomic mass is 16.6. The van der Waals surface area contributed by atoms with Crippen LogP contribution in [0.5, 0.6) is 0 Å². The first kappa shape index (κ1) is 29.3. The molecule has 2 aliphatic rings. The molecule has 3 N–H and O–H groups in total. The van der Waals surface area contributed by atoms with E-state index >= 15 is 0 Å². The molecule has 1 saturated heterocycles. The molecule has 222 valence electrons. The number of hydrogen-bond acceptors (Lipinski definition) is 5. The molecule has 2 heterocycles. The average Bonchev–Trinajstić information content (AvgIpc) is 3.69. The Morgan fingerprint density at radius 1 is 1.14 bits per heavy atom. The van der Waals surface area contributed by atoms with E-state index < -0.39 is 12.1 Å². The number of non-ortho nitro benzene ring substituents is 1. The predicted molar refractivity (Wildman–Crippen MR) is 160 cm³/mol. The molecule has 0 saturated carbocycles. The largest absolute Gasteiger partial charge is 0.465 e. The van der Waals surface area contributed by atoms with Crippen molar-refractivity contribution in [3.63, 3.8) is 0 Å². The second-order valence-corrected chi connectivity index (χ2v) is 11.9. The van der Waals surface area contributed by atoms with Gasteiger partial charge in [-0.2, -0.15) is 0 Å². The van der Waals surface area contributed by atoms with Gasteiger partial charge in [0.2, 0.25) is 5.91 Å². The van der Waals surface area contributed by atoms with Crippen molar-refractivity contribution >= 4 is 17.7 Å². The quantitative estimate of drug-likeness (QED) is 0.180. The van der Waals surface area contributed by atoms with Gasteiger partial charge in [-0.25, -0.2) is 9.78 Å². The Hall–Kier alpha value is -4.21. The van der Waals surface area contributed by atoms with Crippen LogP contribution in [0.15, 0.2) is 42.6 Å². The molecule has 1 fully saturated rings. The summed E-state index contributed by atoms with van der Waals surface area (Å²) in [6.45, 7) is 8.51. The number of H-pyrrole nitrogens is 1. The topological polar surface area (TPSA) is 141 Å². The normalized spacial score (nSPS) is 17.6. The lowest BCUT2D eigenvalue weighted by Gasteiger charge is -2.32. The third kappa shape index (κ3) is 5.03. The molecule has 0 spiro atoms. The summed E-state index contributed by atoms with van der Waals surface area (Å²) in [7, 11) is 0. The molecule has 10 nitrogen and oxygen atoms in total. The van der Waals surface area contributed by atoms with Crippen molar-refractivity contribution < 1.29 is 19.6 Å². The summed E-state index contributed by atoms with van der Waals surface area (Å²) in [4.78, 5) is 46.0. The maximum Gasteiger partial charge on any atom is 0.405 e. The average molecular weight is 574 g/mol. The number of aromatic nitrogens is 2. The number of nitro groups is 1. The number of carbonyl (C=O) groups is 2. The predicted octanol–water partition coefficient (Wildman–Crippen LogP) is 6.81. The lowest BCUT2D eigenvalue weighted by molar-refractivity contribution is -0.384. The molecular formula is C32H39N5O5. The lowest BCUT2D eigenvalue weighted by Crippen LogP contribution is -2.50. The summed E-state index contributed by atoms with van der Waals surface area (Å²) in [5.74, 6) is 0.258. The number of nitrogens with zero attached hydrogens (tertiary/aromatic N) is 3. The van der Waals surface area contributed by atoms with Crippen molar-refractivity contribution in [2.45, 2.75) is 83.7 Å². The Labute approximate surface area is 245 Å². The molecule has 0 radical (unpaired) electrons. The van der Waals surface area contributed by atoms with Gasteiger partial charge in [0.25, 0.3) is 5.69 Å². The molecule has 1 aromatic heterocycles. The Kier molecular flexibility index (Phi) is 8.08. The van der Waals surface area contributed by atoms with Crippen molar-refractivity contribution in [3.05, 3.63) is 69.7 Å². The van der Waals surface area contributed by atoms with Crippen molar-refractivity contribution in [2.75, 3.05) is 6.54 Å². The molecule has 2 atom stereocenters. The number of nitro benzene ring substituents is 1. The van der Waals surface area contributed by atoms with Gasteiger partial charge in [-0.1, -0.05) is 52.7 Å². The van der Waals surface area contributed by atoms with Crippen molar-refractivity contribution in [2.24, 2.45) is 5.92 Å². The minimum absolute atomic E-state index is 0.116. The van der Waals surface area contributed by atoms with Crippen LogP contribution in [0.1, 0.15) is 89.2 Å². The van der Waals surface area contributed by atoms with Crippen LogP contribution in [0.2, 0.25) is 0 Å². The van der Waals surface area contributed by atoms with E-state index in [1.807, 2.05) is 19.9 Å². The molecule has 10 heteroatoms. The second kappa shape index (κ2) is 11.6. The molecule has 1 aliphatic heterocycles. The number of carboxylic acid groups (broad SMARTS) is 1. The van der Waals surface area contributed by atoms with Gasteiger partial charge in [0, 0.05) is 24.1 Å². The van der Waals surface area contributed by atoms with E-state index in [-0.39, 0.29) is 33.9 Å². The van der Waals surface area contributed by atoms with Gasteiger partial charge in [-0.3, -0.25) is 14.9 Å². The number of carbonyl (C=O) groups excluding carboxylic acids is 1. The summed E-state index contributed by atoms with van der Waals surface area (Å²) in [5, 5.41) is 23.3. The van der Waals surface area contributed by atoms with Gasteiger partial charge >= 0.3 is 6.09 Å². The number of amides is 2. The highest BCUT2D eigenvalue weighted by Gasteiger charge is 2.43. The fourth-order valence-electron chi connectivity index (χ4n) is 7.07. The molecule has 2 amide bonds. The van der Waals surface area contributed by atoms with Gasteiger partial charge in [0.15, 0.2) is 0 Å². The third-order valence-electron chi connectivity index (χ3n) is 8.88. The zero-order valence-electron chi connectivity index (χ0n) is 24.6. The first-order valence-electron chi connectivity index (χ1n) is 14.9. The molecule has 0 unspecified atom stereocenters. The maximum atomic E-state index is 13.4. The number of fused-ring (bicyclic) bond motifs is 3. The van der Waals surface area contributed by atoms with E-state index in [1.54, 1.807) is 23.2 Å². The van der Waals surface area contributed by atoms with Gasteiger partial charge in [0.05, 0.1) is 22.9 Å². The van der Waals surface area contributed by atoms with Crippen LogP contribution >= 0.6 is 0 Å². The van der Waals surface area contributed by atoms with E-state index in [9.17, 15) is 24.8 Å². The third-order valence-corrected chi connectivity index (χ3v) is 8.88. The fourth-order valence-corrected chi connectivity index (χ4v) is 7.07. The molecule has 3 aromatic rings. The zero-order chi connectivity index (χ0) is 30.2. The van der Waals surface area contributed by atoms with Gasteiger partial charge in [-0.15, -0.1) is 0 Å². The second-order valence-electron chi connectivity index (χ2n) is 11.9. The number of nitrogens with one attached hydrogen (secondary N) is 2. The van der Waals surface area contributed by atoms with Crippen molar-refractivity contribution in [1.82, 2.24) is 20.2 Å². The van der Waals surface area contributed by atoms with Gasteiger partial charge < -0.3 is 20.3 Å². The van der Waals surface area contributed by atoms with E-state index in [0.717, 1.165) is 66.5 Å². The van der Waals surface area contributed by atoms with Crippen LogP contribution in [-0.2, 0) is 10.2 Å². The minimum Gasteiger partial charge on any atom is -0.465 e. The fraction of sp³-hybridized carbons (Fsp3) is 0.469. The van der Waals surface area contributed by atoms with Crippen LogP contribution in [0.25, 0.3) is 22.4 Å². The number of imidazole rings is 1. The SMILES string of the molecule is CCCC1(CCC)c2cc(-c3cnc([C@@H]4CCCN4C(=O)[C@@H](NC(=O)O)C(C)C)[nH]3)ccc2-c2ccc([N+](=O)[O-])cc21. The van der Waals surface area contributed by atoms with E-state index in [2.05, 4.69) is 47.3 Å². The maximum absolute atomic E-state index is 13.4. The Bertz CT molecular complexity index is 1510. The summed E-state index contributed by atoms with van der Waals surface area (Å²) in [6.07, 6.45) is 5.80. The summed E-state index contributed by atoms with van der Waals surface area (Å²) in [5.41, 5.74) is 6.00. The van der Waals surface area contributed by atoms with Crippen molar-refractivity contribution in [1.29, 1.82) is 0 Å². The molecule has 5 rings (SSSR count). The van der Waals surface area contributed by atoms with E-state index in [1.165, 1.54) is 5.56 Å². The molecule has 42 heavy (non-hydrogen) atoms. The Morgan fingerprint density at radius 2 is 1.81 bits per heavy atom. The highest BCUT2D eigenvalue weighted by Crippen LogP contribution is 2.55. The lowest BCUT2D eigenvalue weighted by atomic mass is 9.71. The molecule has 1 aliphatic carbocycles. The zero-order valence-corrected chi connectivity index (χ0v) is 24.6. The van der Waals surface area contributed by atoms with Crippen LogP contribution in [0, 0.1) is 16.0 Å². The number of benzene rings is 2. The minimum atomic E-state index is -1.21. The number of likely N-dealkylation sites (tertiary alicyclic amines) is 1. The van der Waals surface area contributed by atoms with Crippen molar-refractivity contribution in [3.8, 4) is 22.4 Å². The standard InChI is InChI=1S/C32H39N5O5/c1-5-13-32(14-6-2)24-16-20(9-11-22(24)23-12-10-21(37(41)42)17-25(23)32)26-18-33-29(34-26)27-8-7-15-36(27)30(38)28(19(3)4)35-31(39)40/h9-12,16-19,27-28,35H,5-8,13-15H2,1-4H3,(H,33,34)(H,39,40)/t27-,28-/m0/s1. The monoisotopic (exact) mass is 573 g/mol. The smallest absolute Gasteiger partial charge is 0.405 e. The first-order valence-corrected chi connectivity index (χ1v) is 14.9. The highest BCUT2D eigenvalue weighted by molar-refractivity contribution is 5.86. The summed E-state index contributed by atoms with van der Waals surface area (Å²) < 4.78 is 0. The molecule has 0 bridgehead atoms. The van der Waals surface area contributed by atoms with E-state index in [0.29, 0.717) is 12.4 Å². The Balaban J connectivity index is 1.50. The summed E-state index contributed by atoms with van der Waals surface area (Å²) >= 11 is 0. The van der Waals surface area contributed by atoms with Crippen LogP contribution in [-0.4, -0.2) is 49.5 Å². The number of rotatable bonds is 10. The van der Waals surface area contributed by atoms with Crippen LogP contribution in [0.4, 0.5) is 10.5 Å². The summed E-state index contributed by atoms with van der Waals surface area (Å²) in [6, 6.07) is 10.5. The van der Waals surface area contributed by atoms with Gasteiger partial charge in [0.1, 0.15) is 11.9 Å². The first-order chi connectivity index (χ1) is 20.1. The number of aromatic amines is 1.